The molecular formula is C14H20FN3O3S. The minimum Gasteiger partial charge on any atom is -0.339 e. The first-order valence-electron chi connectivity index (χ1n) is 6.97. The number of para-hydroxylation sites is 1. The van der Waals surface area contributed by atoms with Gasteiger partial charge in [0.2, 0.25) is 15.9 Å². The lowest BCUT2D eigenvalue weighted by Gasteiger charge is -2.34. The zero-order valence-corrected chi connectivity index (χ0v) is 13.5. The van der Waals surface area contributed by atoms with Gasteiger partial charge in [-0.2, -0.15) is 0 Å². The van der Waals surface area contributed by atoms with E-state index in [0.29, 0.717) is 13.1 Å². The summed E-state index contributed by atoms with van der Waals surface area (Å²) in [6, 6.07) is 5.54. The van der Waals surface area contributed by atoms with Gasteiger partial charge in [0, 0.05) is 26.2 Å². The van der Waals surface area contributed by atoms with Crippen LogP contribution in [0, 0.1) is 5.82 Å². The normalized spacial score (nSPS) is 16.6. The molecule has 1 amide bonds. The molecule has 22 heavy (non-hydrogen) atoms. The Balaban J connectivity index is 2.18. The third-order valence-electron chi connectivity index (χ3n) is 3.66. The molecule has 0 aliphatic carbocycles. The first kappa shape index (κ1) is 16.7. The zero-order valence-electron chi connectivity index (χ0n) is 12.7. The average Bonchev–Trinajstić information content (AvgIpc) is 2.45. The molecule has 1 fully saturated rings. The molecule has 0 atom stereocenters. The predicted octanol–water partition coefficient (Wildman–Crippen LogP) is 0.366. The van der Waals surface area contributed by atoms with Gasteiger partial charge in [0.1, 0.15) is 12.4 Å². The van der Waals surface area contributed by atoms with Crippen LogP contribution in [0.15, 0.2) is 24.3 Å². The molecule has 0 radical (unpaired) electrons. The second kappa shape index (κ2) is 6.62. The number of nitrogens with zero attached hydrogens (tertiary/aromatic N) is 3. The molecule has 0 bridgehead atoms. The lowest BCUT2D eigenvalue weighted by atomic mass is 10.3. The second-order valence-electron chi connectivity index (χ2n) is 5.41. The summed E-state index contributed by atoms with van der Waals surface area (Å²) < 4.78 is 38.6. The predicted molar refractivity (Wildman–Crippen MR) is 82.7 cm³/mol. The first-order chi connectivity index (χ1) is 10.3. The van der Waals surface area contributed by atoms with E-state index >= 15 is 0 Å². The fourth-order valence-corrected chi connectivity index (χ4v) is 3.16. The molecular weight excluding hydrogens is 309 g/mol. The maximum Gasteiger partial charge on any atom is 0.243 e. The van der Waals surface area contributed by atoms with Gasteiger partial charge in [-0.05, 0) is 19.2 Å². The molecule has 1 heterocycles. The Morgan fingerprint density at radius 2 is 1.82 bits per heavy atom. The van der Waals surface area contributed by atoms with Crippen molar-refractivity contribution in [1.82, 2.24) is 9.80 Å². The largest absolute Gasteiger partial charge is 0.339 e. The van der Waals surface area contributed by atoms with Gasteiger partial charge in [0.25, 0.3) is 0 Å². The molecule has 1 aromatic carbocycles. The molecule has 8 heteroatoms. The number of likely N-dealkylation sites (N-methyl/N-ethyl adjacent to an activating group) is 1. The number of hydrogen-bond donors (Lipinski definition) is 0. The van der Waals surface area contributed by atoms with E-state index in [0.717, 1.165) is 23.7 Å². The summed E-state index contributed by atoms with van der Waals surface area (Å²) in [6.07, 6.45) is 0.969. The van der Waals surface area contributed by atoms with Crippen molar-refractivity contribution in [2.24, 2.45) is 0 Å². The van der Waals surface area contributed by atoms with E-state index in [1.54, 1.807) is 4.90 Å². The number of benzene rings is 1. The second-order valence-corrected chi connectivity index (χ2v) is 7.31. The highest BCUT2D eigenvalue weighted by atomic mass is 32.2. The fourth-order valence-electron chi connectivity index (χ4n) is 2.31. The molecule has 122 valence electrons. The molecule has 0 unspecified atom stereocenters. The maximum atomic E-state index is 13.9. The van der Waals surface area contributed by atoms with Gasteiger partial charge in [0.15, 0.2) is 0 Å². The number of anilines is 1. The Kier molecular flexibility index (Phi) is 5.02. The molecule has 0 aromatic heterocycles. The van der Waals surface area contributed by atoms with E-state index in [1.165, 1.54) is 24.3 Å². The summed E-state index contributed by atoms with van der Waals surface area (Å²) in [6.45, 7) is 2.19. The van der Waals surface area contributed by atoms with Crippen LogP contribution in [-0.2, 0) is 14.8 Å². The van der Waals surface area contributed by atoms with Crippen LogP contribution >= 0.6 is 0 Å². The molecule has 1 aliphatic rings. The number of hydrogen-bond acceptors (Lipinski definition) is 4. The molecule has 0 spiro atoms. The highest BCUT2D eigenvalue weighted by Gasteiger charge is 2.27. The summed E-state index contributed by atoms with van der Waals surface area (Å²) in [4.78, 5) is 16.0. The lowest BCUT2D eigenvalue weighted by Crippen LogP contribution is -2.50. The van der Waals surface area contributed by atoms with Crippen molar-refractivity contribution in [2.45, 2.75) is 0 Å². The number of sulfonamides is 1. The van der Waals surface area contributed by atoms with Gasteiger partial charge in [-0.3, -0.25) is 9.10 Å². The van der Waals surface area contributed by atoms with E-state index in [1.807, 2.05) is 7.05 Å². The molecule has 0 N–H and O–H groups in total. The van der Waals surface area contributed by atoms with Crippen LogP contribution in [0.25, 0.3) is 0 Å². The van der Waals surface area contributed by atoms with Gasteiger partial charge in [-0.25, -0.2) is 12.8 Å². The number of carbonyl (C=O) groups is 1. The molecule has 1 aliphatic heterocycles. The molecule has 1 aromatic rings. The Hall–Kier alpha value is -1.67. The van der Waals surface area contributed by atoms with Crippen molar-refractivity contribution in [3.63, 3.8) is 0 Å². The zero-order chi connectivity index (χ0) is 16.3. The van der Waals surface area contributed by atoms with E-state index in [4.69, 9.17) is 0 Å². The Bertz CT molecular complexity index is 642. The number of amides is 1. The fraction of sp³-hybridized carbons (Fsp3) is 0.500. The molecule has 1 saturated heterocycles. The summed E-state index contributed by atoms with van der Waals surface area (Å²) in [5.41, 5.74) is -0.104. The molecule has 0 saturated carbocycles. The monoisotopic (exact) mass is 329 g/mol. The van der Waals surface area contributed by atoms with Gasteiger partial charge in [-0.1, -0.05) is 12.1 Å². The SMILES string of the molecule is CN1CCN(C(=O)CN(c2ccccc2F)S(C)(=O)=O)CC1. The Labute approximate surface area is 130 Å². The quantitative estimate of drug-likeness (QED) is 0.801. The first-order valence-corrected chi connectivity index (χ1v) is 8.82. The van der Waals surface area contributed by atoms with Crippen LogP contribution in [0.1, 0.15) is 0 Å². The van der Waals surface area contributed by atoms with Crippen LogP contribution in [0.5, 0.6) is 0 Å². The van der Waals surface area contributed by atoms with Crippen LogP contribution < -0.4 is 4.31 Å². The number of carbonyl (C=O) groups excluding carboxylic acids is 1. The summed E-state index contributed by atoms with van der Waals surface area (Å²) in [5.74, 6) is -0.985. The summed E-state index contributed by atoms with van der Waals surface area (Å²) in [7, 11) is -1.79. The number of halogens is 1. The van der Waals surface area contributed by atoms with Crippen molar-refractivity contribution in [3.05, 3.63) is 30.1 Å². The number of piperazine rings is 1. The van der Waals surface area contributed by atoms with Crippen molar-refractivity contribution >= 4 is 21.6 Å². The van der Waals surface area contributed by atoms with Crippen LogP contribution in [0.4, 0.5) is 10.1 Å². The lowest BCUT2D eigenvalue weighted by molar-refractivity contribution is -0.131. The van der Waals surface area contributed by atoms with Crippen molar-refractivity contribution in [3.8, 4) is 0 Å². The standard InChI is InChI=1S/C14H20FN3O3S/c1-16-7-9-17(10-8-16)14(19)11-18(22(2,20)21)13-6-4-3-5-12(13)15/h3-6H,7-11H2,1-2H3. The summed E-state index contributed by atoms with van der Waals surface area (Å²) in [5, 5.41) is 0. The van der Waals surface area contributed by atoms with Gasteiger partial charge in [0.05, 0.1) is 11.9 Å². The van der Waals surface area contributed by atoms with E-state index in [2.05, 4.69) is 4.90 Å². The van der Waals surface area contributed by atoms with E-state index in [-0.39, 0.29) is 18.1 Å². The Morgan fingerprint density at radius 1 is 1.23 bits per heavy atom. The molecule has 2 rings (SSSR count). The third-order valence-corrected chi connectivity index (χ3v) is 4.78. The van der Waals surface area contributed by atoms with Crippen molar-refractivity contribution in [1.29, 1.82) is 0 Å². The smallest absolute Gasteiger partial charge is 0.243 e. The minimum absolute atomic E-state index is 0.104. The third kappa shape index (κ3) is 3.95. The topological polar surface area (TPSA) is 60.9 Å². The van der Waals surface area contributed by atoms with E-state index < -0.39 is 15.8 Å². The number of rotatable bonds is 4. The van der Waals surface area contributed by atoms with Gasteiger partial charge < -0.3 is 9.80 Å². The highest BCUT2D eigenvalue weighted by molar-refractivity contribution is 7.92. The van der Waals surface area contributed by atoms with Gasteiger partial charge in [-0.15, -0.1) is 0 Å². The van der Waals surface area contributed by atoms with Crippen LogP contribution in [-0.4, -0.2) is 70.2 Å². The maximum absolute atomic E-state index is 13.9. The Morgan fingerprint density at radius 3 is 2.36 bits per heavy atom. The average molecular weight is 329 g/mol. The van der Waals surface area contributed by atoms with Crippen molar-refractivity contribution in [2.75, 3.05) is 50.3 Å². The van der Waals surface area contributed by atoms with Crippen molar-refractivity contribution < 1.29 is 17.6 Å². The molecule has 6 nitrogen and oxygen atoms in total. The highest BCUT2D eigenvalue weighted by Crippen LogP contribution is 2.21. The van der Waals surface area contributed by atoms with Crippen LogP contribution in [0.3, 0.4) is 0 Å². The van der Waals surface area contributed by atoms with E-state index in [9.17, 15) is 17.6 Å². The van der Waals surface area contributed by atoms with Gasteiger partial charge >= 0.3 is 0 Å². The van der Waals surface area contributed by atoms with Crippen LogP contribution in [0.2, 0.25) is 0 Å². The summed E-state index contributed by atoms with van der Waals surface area (Å²) >= 11 is 0. The minimum atomic E-state index is -3.75.